The van der Waals surface area contributed by atoms with E-state index in [1.165, 1.54) is 0 Å². The summed E-state index contributed by atoms with van der Waals surface area (Å²) in [5.74, 6) is 2.18. The molecule has 0 spiro atoms. The predicted molar refractivity (Wildman–Crippen MR) is 69.9 cm³/mol. The molecule has 3 N–H and O–H groups in total. The van der Waals surface area contributed by atoms with Crippen molar-refractivity contribution in [1.82, 2.24) is 0 Å². The third-order valence-corrected chi connectivity index (χ3v) is 4.06. The van der Waals surface area contributed by atoms with E-state index in [2.05, 4.69) is 5.32 Å². The van der Waals surface area contributed by atoms with Crippen LogP contribution in [0, 0.1) is 5.92 Å². The fraction of sp³-hybridized carbons (Fsp3) is 0.364. The number of carbonyl (C=O) groups excluding carboxylic acids is 1. The smallest absolute Gasteiger partial charge is 0.228 e. The summed E-state index contributed by atoms with van der Waals surface area (Å²) in [4.78, 5) is 11.8. The number of nitrogens with two attached hydrogens (primary N) is 1. The van der Waals surface area contributed by atoms with E-state index in [1.54, 1.807) is 18.2 Å². The van der Waals surface area contributed by atoms with Crippen LogP contribution >= 0.6 is 23.4 Å². The molecule has 2 rings (SSSR count). The first-order valence-electron chi connectivity index (χ1n) is 5.10. The molecule has 0 aliphatic carbocycles. The Morgan fingerprint density at radius 1 is 1.56 bits per heavy atom. The molecule has 1 fully saturated rings. The van der Waals surface area contributed by atoms with Gasteiger partial charge < -0.3 is 11.1 Å². The number of carbonyl (C=O) groups is 1. The van der Waals surface area contributed by atoms with Gasteiger partial charge in [0.25, 0.3) is 0 Å². The molecule has 1 aliphatic heterocycles. The van der Waals surface area contributed by atoms with Crippen molar-refractivity contribution in [3.8, 4) is 0 Å². The highest BCUT2D eigenvalue weighted by Gasteiger charge is 2.23. The van der Waals surface area contributed by atoms with Crippen molar-refractivity contribution in [2.24, 2.45) is 5.92 Å². The van der Waals surface area contributed by atoms with E-state index in [9.17, 15) is 4.79 Å². The summed E-state index contributed by atoms with van der Waals surface area (Å²) in [6.07, 6.45) is 0.958. The number of nitrogens with one attached hydrogen (secondary N) is 1. The van der Waals surface area contributed by atoms with Crippen molar-refractivity contribution in [3.05, 3.63) is 23.2 Å². The molecule has 1 aromatic rings. The van der Waals surface area contributed by atoms with Crippen LogP contribution in [0.3, 0.4) is 0 Å². The lowest BCUT2D eigenvalue weighted by Gasteiger charge is -2.10. The number of anilines is 2. The van der Waals surface area contributed by atoms with Gasteiger partial charge in [0.2, 0.25) is 5.91 Å². The Labute approximate surface area is 104 Å². The van der Waals surface area contributed by atoms with Crippen LogP contribution in [-0.4, -0.2) is 17.4 Å². The maximum Gasteiger partial charge on any atom is 0.228 e. The van der Waals surface area contributed by atoms with E-state index < -0.39 is 0 Å². The molecule has 86 valence electrons. The minimum atomic E-state index is 0.0749. The fourth-order valence-corrected chi connectivity index (χ4v) is 2.99. The zero-order valence-electron chi connectivity index (χ0n) is 8.70. The average molecular weight is 257 g/mol. The molecular weight excluding hydrogens is 244 g/mol. The monoisotopic (exact) mass is 256 g/mol. The van der Waals surface area contributed by atoms with Crippen molar-refractivity contribution in [2.75, 3.05) is 22.6 Å². The SMILES string of the molecule is Nc1ccc(NC(=O)C2CCSC2)cc1Cl. The summed E-state index contributed by atoms with van der Waals surface area (Å²) in [7, 11) is 0. The lowest BCUT2D eigenvalue weighted by molar-refractivity contribution is -0.119. The van der Waals surface area contributed by atoms with E-state index in [-0.39, 0.29) is 11.8 Å². The van der Waals surface area contributed by atoms with E-state index in [1.807, 2.05) is 11.8 Å². The van der Waals surface area contributed by atoms with Gasteiger partial charge in [0.1, 0.15) is 0 Å². The highest BCUT2D eigenvalue weighted by molar-refractivity contribution is 7.99. The normalized spacial score (nSPS) is 19.7. The van der Waals surface area contributed by atoms with Gasteiger partial charge in [-0.1, -0.05) is 11.6 Å². The molecule has 1 saturated heterocycles. The molecule has 0 radical (unpaired) electrons. The standard InChI is InChI=1S/C11H13ClN2OS/c12-9-5-8(1-2-10(9)13)14-11(15)7-3-4-16-6-7/h1-2,5,7H,3-4,6,13H2,(H,14,15). The van der Waals surface area contributed by atoms with Crippen molar-refractivity contribution in [3.63, 3.8) is 0 Å². The van der Waals surface area contributed by atoms with Gasteiger partial charge in [-0.3, -0.25) is 4.79 Å². The number of thioether (sulfide) groups is 1. The minimum Gasteiger partial charge on any atom is -0.398 e. The van der Waals surface area contributed by atoms with Crippen molar-refractivity contribution < 1.29 is 4.79 Å². The number of amides is 1. The maximum absolute atomic E-state index is 11.8. The number of hydrogen-bond acceptors (Lipinski definition) is 3. The molecule has 1 atom stereocenters. The summed E-state index contributed by atoms with van der Waals surface area (Å²) in [6, 6.07) is 5.14. The second-order valence-electron chi connectivity index (χ2n) is 3.79. The zero-order chi connectivity index (χ0) is 11.5. The molecule has 1 heterocycles. The van der Waals surface area contributed by atoms with Gasteiger partial charge >= 0.3 is 0 Å². The summed E-state index contributed by atoms with van der Waals surface area (Å²) in [5, 5.41) is 3.33. The van der Waals surface area contributed by atoms with Crippen LogP contribution in [0.4, 0.5) is 11.4 Å². The third kappa shape index (κ3) is 2.62. The van der Waals surface area contributed by atoms with E-state index in [0.29, 0.717) is 16.4 Å². The molecule has 16 heavy (non-hydrogen) atoms. The second-order valence-corrected chi connectivity index (χ2v) is 5.34. The zero-order valence-corrected chi connectivity index (χ0v) is 10.3. The molecule has 3 nitrogen and oxygen atoms in total. The summed E-state index contributed by atoms with van der Waals surface area (Å²) in [5.41, 5.74) is 6.83. The Bertz CT molecular complexity index is 405. The van der Waals surface area contributed by atoms with Gasteiger partial charge in [0, 0.05) is 17.4 Å². The first kappa shape index (κ1) is 11.6. The maximum atomic E-state index is 11.8. The second kappa shape index (κ2) is 4.97. The van der Waals surface area contributed by atoms with E-state index >= 15 is 0 Å². The Morgan fingerprint density at radius 3 is 3.00 bits per heavy atom. The highest BCUT2D eigenvalue weighted by Crippen LogP contribution is 2.26. The van der Waals surface area contributed by atoms with Gasteiger partial charge in [-0.15, -0.1) is 0 Å². The number of halogens is 1. The third-order valence-electron chi connectivity index (χ3n) is 2.57. The highest BCUT2D eigenvalue weighted by atomic mass is 35.5. The summed E-state index contributed by atoms with van der Waals surface area (Å²) < 4.78 is 0. The minimum absolute atomic E-state index is 0.0749. The van der Waals surface area contributed by atoms with E-state index in [0.717, 1.165) is 17.9 Å². The van der Waals surface area contributed by atoms with Gasteiger partial charge in [-0.05, 0) is 30.4 Å². The molecule has 1 aliphatic rings. The molecule has 1 amide bonds. The first-order valence-corrected chi connectivity index (χ1v) is 6.64. The van der Waals surface area contributed by atoms with Gasteiger partial charge in [0.05, 0.1) is 10.7 Å². The van der Waals surface area contributed by atoms with Gasteiger partial charge in [0.15, 0.2) is 0 Å². The van der Waals surface area contributed by atoms with E-state index in [4.69, 9.17) is 17.3 Å². The largest absolute Gasteiger partial charge is 0.398 e. The summed E-state index contributed by atoms with van der Waals surface area (Å²) in [6.45, 7) is 0. The lowest BCUT2D eigenvalue weighted by atomic mass is 10.1. The first-order chi connectivity index (χ1) is 7.66. The number of benzene rings is 1. The Hall–Kier alpha value is -0.870. The number of nitrogen functional groups attached to an aromatic ring is 1. The van der Waals surface area contributed by atoms with Crippen LogP contribution < -0.4 is 11.1 Å². The Kier molecular flexibility index (Phi) is 3.61. The molecule has 1 aromatic carbocycles. The average Bonchev–Trinajstić information content (AvgIpc) is 2.77. The molecule has 1 unspecified atom stereocenters. The molecular formula is C11H13ClN2OS. The van der Waals surface area contributed by atoms with Crippen LogP contribution in [0.5, 0.6) is 0 Å². The predicted octanol–water partition coefficient (Wildman–Crippen LogP) is 2.61. The molecule has 0 saturated carbocycles. The molecule has 0 aromatic heterocycles. The van der Waals surface area contributed by atoms with Crippen LogP contribution in [0.1, 0.15) is 6.42 Å². The Balaban J connectivity index is 2.02. The van der Waals surface area contributed by atoms with Crippen LogP contribution in [-0.2, 0) is 4.79 Å². The van der Waals surface area contributed by atoms with Crippen molar-refractivity contribution in [1.29, 1.82) is 0 Å². The van der Waals surface area contributed by atoms with Crippen molar-refractivity contribution in [2.45, 2.75) is 6.42 Å². The lowest BCUT2D eigenvalue weighted by Crippen LogP contribution is -2.22. The number of hydrogen-bond donors (Lipinski definition) is 2. The topological polar surface area (TPSA) is 55.1 Å². The fourth-order valence-electron chi connectivity index (χ4n) is 1.59. The van der Waals surface area contributed by atoms with Crippen molar-refractivity contribution >= 4 is 40.6 Å². The van der Waals surface area contributed by atoms with Crippen LogP contribution in [0.25, 0.3) is 0 Å². The Morgan fingerprint density at radius 2 is 2.38 bits per heavy atom. The van der Waals surface area contributed by atoms with Gasteiger partial charge in [-0.25, -0.2) is 0 Å². The molecule has 0 bridgehead atoms. The van der Waals surface area contributed by atoms with Crippen LogP contribution in [0.15, 0.2) is 18.2 Å². The van der Waals surface area contributed by atoms with Gasteiger partial charge in [-0.2, -0.15) is 11.8 Å². The quantitative estimate of drug-likeness (QED) is 0.800. The molecule has 5 heteroatoms. The number of rotatable bonds is 2. The summed E-state index contributed by atoms with van der Waals surface area (Å²) >= 11 is 7.70. The van der Waals surface area contributed by atoms with Crippen LogP contribution in [0.2, 0.25) is 5.02 Å².